The molecule has 0 bridgehead atoms. The van der Waals surface area contributed by atoms with Crippen LogP contribution in [-0.4, -0.2) is 34.9 Å². The van der Waals surface area contributed by atoms with Crippen molar-refractivity contribution in [1.82, 2.24) is 14.9 Å². The molecule has 0 atom stereocenters. The van der Waals surface area contributed by atoms with Crippen molar-refractivity contribution in [2.75, 3.05) is 19.4 Å². The Morgan fingerprint density at radius 1 is 1.00 bits per heavy atom. The number of carbonyl (C=O) groups is 1. The van der Waals surface area contributed by atoms with E-state index in [4.69, 9.17) is 9.72 Å². The van der Waals surface area contributed by atoms with Gasteiger partial charge in [0.05, 0.1) is 30.3 Å². The summed E-state index contributed by atoms with van der Waals surface area (Å²) in [7, 11) is 1.64. The van der Waals surface area contributed by atoms with Gasteiger partial charge in [0.25, 0.3) is 5.56 Å². The molecule has 0 aliphatic rings. The molecular weight excluding hydrogens is 446 g/mol. The van der Waals surface area contributed by atoms with Crippen molar-refractivity contribution in [3.05, 3.63) is 99.8 Å². The van der Waals surface area contributed by atoms with Gasteiger partial charge in [0.2, 0.25) is 5.91 Å². The van der Waals surface area contributed by atoms with Crippen LogP contribution in [0.25, 0.3) is 10.9 Å². The maximum Gasteiger partial charge on any atom is 0.262 e. The van der Waals surface area contributed by atoms with E-state index in [1.807, 2.05) is 73.7 Å². The van der Waals surface area contributed by atoms with Crippen LogP contribution in [0, 0.1) is 6.92 Å². The third kappa shape index (κ3) is 5.85. The van der Waals surface area contributed by atoms with Crippen LogP contribution in [0.15, 0.2) is 82.7 Å². The zero-order valence-corrected chi connectivity index (χ0v) is 20.1. The topological polar surface area (TPSA) is 73.2 Å². The van der Waals surface area contributed by atoms with Gasteiger partial charge in [-0.15, -0.1) is 0 Å². The Morgan fingerprint density at radius 3 is 2.44 bits per heavy atom. The Hall–Kier alpha value is -3.58. The fourth-order valence-corrected chi connectivity index (χ4v) is 4.42. The molecule has 6 nitrogen and oxygen atoms in total. The highest BCUT2D eigenvalue weighted by molar-refractivity contribution is 7.99. The molecule has 4 aromatic rings. The van der Waals surface area contributed by atoms with Crippen molar-refractivity contribution in [3.8, 4) is 5.75 Å². The fourth-order valence-electron chi connectivity index (χ4n) is 3.59. The average Bonchev–Trinajstić information content (AvgIpc) is 2.86. The zero-order valence-electron chi connectivity index (χ0n) is 19.3. The molecule has 0 saturated heterocycles. The van der Waals surface area contributed by atoms with E-state index in [1.54, 1.807) is 17.7 Å². The van der Waals surface area contributed by atoms with E-state index < -0.39 is 0 Å². The van der Waals surface area contributed by atoms with Crippen LogP contribution in [0.1, 0.15) is 16.7 Å². The summed E-state index contributed by atoms with van der Waals surface area (Å²) >= 11 is 1.28. The van der Waals surface area contributed by atoms with Gasteiger partial charge in [-0.25, -0.2) is 4.98 Å². The van der Waals surface area contributed by atoms with E-state index in [2.05, 4.69) is 5.32 Å². The van der Waals surface area contributed by atoms with E-state index in [0.29, 0.717) is 29.1 Å². The number of para-hydroxylation sites is 1. The largest absolute Gasteiger partial charge is 0.497 e. The second kappa shape index (κ2) is 11.0. The van der Waals surface area contributed by atoms with Crippen molar-refractivity contribution in [3.63, 3.8) is 0 Å². The smallest absolute Gasteiger partial charge is 0.262 e. The van der Waals surface area contributed by atoms with Gasteiger partial charge in [-0.2, -0.15) is 0 Å². The number of amides is 1. The van der Waals surface area contributed by atoms with Gasteiger partial charge in [0.15, 0.2) is 5.16 Å². The third-order valence-electron chi connectivity index (χ3n) is 5.52. The number of ether oxygens (including phenoxy) is 1. The second-order valence-corrected chi connectivity index (χ2v) is 8.97. The van der Waals surface area contributed by atoms with Crippen molar-refractivity contribution in [1.29, 1.82) is 0 Å². The minimum absolute atomic E-state index is 0.0946. The summed E-state index contributed by atoms with van der Waals surface area (Å²) in [5, 5.41) is 4.06. The lowest BCUT2D eigenvalue weighted by molar-refractivity contribution is -0.118. The molecule has 1 heterocycles. The number of carbonyl (C=O) groups excluding carboxylic acids is 1. The van der Waals surface area contributed by atoms with Crippen LogP contribution in [0.3, 0.4) is 0 Å². The number of hydrogen-bond donors (Lipinski definition) is 1. The second-order valence-electron chi connectivity index (χ2n) is 8.03. The summed E-state index contributed by atoms with van der Waals surface area (Å²) in [5.41, 5.74) is 3.82. The molecule has 1 amide bonds. The van der Waals surface area contributed by atoms with Crippen molar-refractivity contribution in [2.24, 2.45) is 0 Å². The average molecular weight is 474 g/mol. The summed E-state index contributed by atoms with van der Waals surface area (Å²) in [6.07, 6.45) is 0.729. The standard InChI is InChI=1S/C27H27N3O3S/c1-19-7-9-21(10-8-19)17-30-26(32)23-5-3-4-6-24(23)29-27(30)34-18-25(31)28-16-15-20-11-13-22(33-2)14-12-20/h3-14H,15-18H2,1-2H3,(H,28,31). The van der Waals surface area contributed by atoms with Crippen LogP contribution in [0.5, 0.6) is 5.75 Å². The van der Waals surface area contributed by atoms with Gasteiger partial charge in [-0.05, 0) is 48.7 Å². The first kappa shape index (κ1) is 23.6. The fraction of sp³-hybridized carbons (Fsp3) is 0.222. The number of thioether (sulfide) groups is 1. The molecule has 4 rings (SSSR count). The monoisotopic (exact) mass is 473 g/mol. The zero-order chi connectivity index (χ0) is 23.9. The molecule has 7 heteroatoms. The molecule has 3 aromatic carbocycles. The molecule has 0 unspecified atom stereocenters. The van der Waals surface area contributed by atoms with E-state index in [0.717, 1.165) is 28.9 Å². The third-order valence-corrected chi connectivity index (χ3v) is 6.49. The van der Waals surface area contributed by atoms with Gasteiger partial charge in [-0.1, -0.05) is 65.9 Å². The summed E-state index contributed by atoms with van der Waals surface area (Å²) in [6.45, 7) is 2.97. The van der Waals surface area contributed by atoms with Crippen molar-refractivity contribution in [2.45, 2.75) is 25.0 Å². The summed E-state index contributed by atoms with van der Waals surface area (Å²) in [4.78, 5) is 30.4. The highest BCUT2D eigenvalue weighted by Crippen LogP contribution is 2.19. The minimum Gasteiger partial charge on any atom is -0.497 e. The summed E-state index contributed by atoms with van der Waals surface area (Å²) < 4.78 is 6.83. The maximum atomic E-state index is 13.2. The first-order chi connectivity index (χ1) is 16.5. The molecular formula is C27H27N3O3S. The quantitative estimate of drug-likeness (QED) is 0.291. The Labute approximate surface area is 203 Å². The lowest BCUT2D eigenvalue weighted by atomic mass is 10.1. The van der Waals surface area contributed by atoms with Gasteiger partial charge in [0, 0.05) is 6.54 Å². The van der Waals surface area contributed by atoms with Crippen molar-refractivity contribution < 1.29 is 9.53 Å². The number of nitrogens with zero attached hydrogens (tertiary/aromatic N) is 2. The van der Waals surface area contributed by atoms with Crippen LogP contribution < -0.4 is 15.6 Å². The van der Waals surface area contributed by atoms with E-state index in [9.17, 15) is 9.59 Å². The number of hydrogen-bond acceptors (Lipinski definition) is 5. The molecule has 0 spiro atoms. The molecule has 174 valence electrons. The molecule has 0 aliphatic carbocycles. The summed E-state index contributed by atoms with van der Waals surface area (Å²) in [5.74, 6) is 0.896. The van der Waals surface area contributed by atoms with Gasteiger partial charge < -0.3 is 10.1 Å². The Balaban J connectivity index is 1.44. The highest BCUT2D eigenvalue weighted by Gasteiger charge is 2.14. The Bertz CT molecular complexity index is 1330. The number of aryl methyl sites for hydroxylation is 1. The lowest BCUT2D eigenvalue weighted by Crippen LogP contribution is -2.28. The number of rotatable bonds is 9. The predicted octanol–water partition coefficient (Wildman–Crippen LogP) is 4.21. The van der Waals surface area contributed by atoms with E-state index in [-0.39, 0.29) is 17.2 Å². The first-order valence-corrected chi connectivity index (χ1v) is 12.1. The SMILES string of the molecule is COc1ccc(CCNC(=O)CSc2nc3ccccc3c(=O)n2Cc2ccc(C)cc2)cc1. The van der Waals surface area contributed by atoms with Crippen LogP contribution in [0.2, 0.25) is 0 Å². The van der Waals surface area contributed by atoms with Gasteiger partial charge in [-0.3, -0.25) is 14.2 Å². The number of benzene rings is 3. The normalized spacial score (nSPS) is 10.9. The lowest BCUT2D eigenvalue weighted by Gasteiger charge is -2.13. The van der Waals surface area contributed by atoms with Gasteiger partial charge >= 0.3 is 0 Å². The van der Waals surface area contributed by atoms with Crippen molar-refractivity contribution >= 4 is 28.6 Å². The molecule has 0 saturated carbocycles. The van der Waals surface area contributed by atoms with E-state index in [1.165, 1.54) is 11.8 Å². The minimum atomic E-state index is -0.103. The van der Waals surface area contributed by atoms with Crippen LogP contribution in [-0.2, 0) is 17.8 Å². The number of aromatic nitrogens is 2. The number of nitrogens with one attached hydrogen (secondary N) is 1. The molecule has 1 aromatic heterocycles. The maximum absolute atomic E-state index is 13.2. The Kier molecular flexibility index (Phi) is 7.65. The molecule has 0 fully saturated rings. The van der Waals surface area contributed by atoms with Crippen LogP contribution >= 0.6 is 11.8 Å². The number of methoxy groups -OCH3 is 1. The molecule has 0 radical (unpaired) electrons. The van der Waals surface area contributed by atoms with Crippen LogP contribution in [0.4, 0.5) is 0 Å². The molecule has 34 heavy (non-hydrogen) atoms. The predicted molar refractivity (Wildman–Crippen MR) is 137 cm³/mol. The summed E-state index contributed by atoms with van der Waals surface area (Å²) in [6, 6.07) is 23.2. The Morgan fingerprint density at radius 2 is 1.71 bits per heavy atom. The molecule has 1 N–H and O–H groups in total. The van der Waals surface area contributed by atoms with Gasteiger partial charge in [0.1, 0.15) is 5.75 Å². The molecule has 0 aliphatic heterocycles. The highest BCUT2D eigenvalue weighted by atomic mass is 32.2. The van der Waals surface area contributed by atoms with E-state index >= 15 is 0 Å². The first-order valence-electron chi connectivity index (χ1n) is 11.1. The number of fused-ring (bicyclic) bond motifs is 1.